The van der Waals surface area contributed by atoms with Gasteiger partial charge in [-0.2, -0.15) is 0 Å². The summed E-state index contributed by atoms with van der Waals surface area (Å²) in [5.41, 5.74) is 1.93. The molecule has 0 saturated carbocycles. The number of halogens is 2. The molecule has 3 aromatic carbocycles. The number of benzene rings is 3. The Labute approximate surface area is 197 Å². The Morgan fingerprint density at radius 1 is 1.10 bits per heavy atom. The third-order valence-corrected chi connectivity index (χ3v) is 6.46. The number of aliphatic hydroxyl groups is 1. The van der Waals surface area contributed by atoms with Gasteiger partial charge in [0.25, 0.3) is 5.34 Å². The van der Waals surface area contributed by atoms with E-state index in [1.807, 2.05) is 0 Å². The molecule has 3 rings (SSSR count). The van der Waals surface area contributed by atoms with Gasteiger partial charge in [0.15, 0.2) is 5.75 Å². The predicted molar refractivity (Wildman–Crippen MR) is 125 cm³/mol. The number of carbonyl (C=O) groups is 1. The Hall–Kier alpha value is -2.25. The number of hydrogen-bond donors (Lipinski definition) is 3. The van der Waals surface area contributed by atoms with E-state index in [1.165, 1.54) is 19.1 Å². The standard InChI is InChI=1S/C22H17Br2O6P/c1-22(28,31-29)15-10-17(23)20(18(24)11-15)30-16-5-6-19(25)14(9-16)8-12-3-2-4-13(7-12)21(26)27/h2-7,9-11,25,28H,8H2,1H3,(H,26,27)/p+1. The third kappa shape index (κ3) is 5.52. The molecule has 31 heavy (non-hydrogen) atoms. The number of rotatable bonds is 7. The maximum atomic E-state index is 11.3. The van der Waals surface area contributed by atoms with Crippen molar-refractivity contribution in [3.8, 4) is 17.2 Å². The fourth-order valence-electron chi connectivity index (χ4n) is 2.92. The number of phenolic OH excluding ortho intramolecular Hbond substituents is 1. The average Bonchev–Trinajstić information content (AvgIpc) is 2.73. The van der Waals surface area contributed by atoms with Crippen molar-refractivity contribution in [3.05, 3.63) is 85.8 Å². The second-order valence-electron chi connectivity index (χ2n) is 7.02. The monoisotopic (exact) mass is 567 g/mol. The lowest BCUT2D eigenvalue weighted by Gasteiger charge is -2.15. The maximum absolute atomic E-state index is 11.3. The summed E-state index contributed by atoms with van der Waals surface area (Å²) in [7, 11) is -0.936. The Morgan fingerprint density at radius 2 is 1.77 bits per heavy atom. The number of carboxylic acid groups (broad SMARTS) is 1. The van der Waals surface area contributed by atoms with Gasteiger partial charge in [0.05, 0.1) is 14.5 Å². The Balaban J connectivity index is 1.90. The summed E-state index contributed by atoms with van der Waals surface area (Å²) in [5.74, 6) is -0.0565. The zero-order valence-corrected chi connectivity index (χ0v) is 20.4. The van der Waals surface area contributed by atoms with E-state index in [4.69, 9.17) is 9.84 Å². The van der Waals surface area contributed by atoms with Crippen LogP contribution in [0.5, 0.6) is 17.2 Å². The van der Waals surface area contributed by atoms with Crippen molar-refractivity contribution in [2.45, 2.75) is 18.7 Å². The van der Waals surface area contributed by atoms with Gasteiger partial charge in [0.1, 0.15) is 11.5 Å². The van der Waals surface area contributed by atoms with Gasteiger partial charge >= 0.3 is 14.4 Å². The van der Waals surface area contributed by atoms with Crippen molar-refractivity contribution in [2.75, 3.05) is 0 Å². The van der Waals surface area contributed by atoms with E-state index in [-0.39, 0.29) is 11.3 Å². The fraction of sp³-hybridized carbons (Fsp3) is 0.136. The molecule has 0 aliphatic heterocycles. The van der Waals surface area contributed by atoms with Gasteiger partial charge in [-0.05, 0) is 79.9 Å². The van der Waals surface area contributed by atoms with E-state index in [1.54, 1.807) is 42.5 Å². The molecule has 0 bridgehead atoms. The molecule has 3 N–H and O–H groups in total. The minimum atomic E-state index is -1.49. The summed E-state index contributed by atoms with van der Waals surface area (Å²) in [6.45, 7) is 1.46. The summed E-state index contributed by atoms with van der Waals surface area (Å²) in [6.07, 6.45) is 0.318. The van der Waals surface area contributed by atoms with Crippen LogP contribution in [0.15, 0.2) is 63.5 Å². The molecule has 160 valence electrons. The van der Waals surface area contributed by atoms with E-state index in [9.17, 15) is 19.6 Å². The van der Waals surface area contributed by atoms with Gasteiger partial charge < -0.3 is 20.1 Å². The lowest BCUT2D eigenvalue weighted by molar-refractivity contribution is 0.0696. The van der Waals surface area contributed by atoms with Crippen molar-refractivity contribution < 1.29 is 29.4 Å². The molecule has 6 nitrogen and oxygen atoms in total. The van der Waals surface area contributed by atoms with Gasteiger partial charge in [0.2, 0.25) is 0 Å². The molecule has 0 fully saturated rings. The summed E-state index contributed by atoms with van der Waals surface area (Å²) in [5, 5.41) is 28.2. The molecular formula is C22H18Br2O6P+. The molecule has 0 aromatic heterocycles. The molecule has 0 aliphatic carbocycles. The van der Waals surface area contributed by atoms with Crippen LogP contribution < -0.4 is 4.74 Å². The van der Waals surface area contributed by atoms with Crippen LogP contribution in [0.3, 0.4) is 0 Å². The number of aromatic hydroxyl groups is 1. The molecule has 0 spiro atoms. The molecule has 3 aromatic rings. The first-order chi connectivity index (χ1) is 14.6. The second-order valence-corrected chi connectivity index (χ2v) is 9.90. The van der Waals surface area contributed by atoms with Crippen LogP contribution in [0, 0.1) is 0 Å². The maximum Gasteiger partial charge on any atom is 0.364 e. The van der Waals surface area contributed by atoms with Crippen molar-refractivity contribution in [2.24, 2.45) is 0 Å². The molecule has 0 amide bonds. The highest BCUT2D eigenvalue weighted by atomic mass is 79.9. The second kappa shape index (κ2) is 9.49. The molecule has 0 saturated heterocycles. The summed E-state index contributed by atoms with van der Waals surface area (Å²) in [4.78, 5) is 11.2. The highest BCUT2D eigenvalue weighted by molar-refractivity contribution is 9.11. The van der Waals surface area contributed by atoms with E-state index in [0.717, 1.165) is 5.56 Å². The average molecular weight is 569 g/mol. The highest BCUT2D eigenvalue weighted by Gasteiger charge is 2.33. The lowest BCUT2D eigenvalue weighted by atomic mass is 10.0. The minimum Gasteiger partial charge on any atom is -0.508 e. The van der Waals surface area contributed by atoms with Crippen LogP contribution in [0.4, 0.5) is 0 Å². The van der Waals surface area contributed by atoms with E-state index < -0.39 is 19.8 Å². The number of phenols is 1. The molecule has 0 radical (unpaired) electrons. The lowest BCUT2D eigenvalue weighted by Crippen LogP contribution is -2.12. The Kier molecular flexibility index (Phi) is 7.17. The van der Waals surface area contributed by atoms with Crippen molar-refractivity contribution >= 4 is 46.3 Å². The largest absolute Gasteiger partial charge is 0.508 e. The fourth-order valence-corrected chi connectivity index (χ4v) is 4.53. The van der Waals surface area contributed by atoms with Gasteiger partial charge in [0, 0.05) is 24.5 Å². The molecular weight excluding hydrogens is 551 g/mol. The normalized spacial score (nSPS) is 13.0. The molecule has 9 heteroatoms. The predicted octanol–water partition coefficient (Wildman–Crippen LogP) is 6.19. The number of ether oxygens (including phenoxy) is 1. The molecule has 0 heterocycles. The van der Waals surface area contributed by atoms with E-state index in [2.05, 4.69) is 31.9 Å². The molecule has 2 atom stereocenters. The zero-order chi connectivity index (χ0) is 22.8. The summed E-state index contributed by atoms with van der Waals surface area (Å²) in [6, 6.07) is 14.5. The van der Waals surface area contributed by atoms with E-state index in [0.29, 0.717) is 38.0 Å². The summed E-state index contributed by atoms with van der Waals surface area (Å²) < 4.78 is 18.3. The number of hydrogen-bond acceptors (Lipinski definition) is 5. The first-order valence-corrected chi connectivity index (χ1v) is 11.5. The van der Waals surface area contributed by atoms with Crippen molar-refractivity contribution in [3.63, 3.8) is 0 Å². The van der Waals surface area contributed by atoms with Gasteiger partial charge in [-0.3, -0.25) is 0 Å². The Morgan fingerprint density at radius 3 is 2.39 bits per heavy atom. The van der Waals surface area contributed by atoms with E-state index >= 15 is 0 Å². The first kappa shape index (κ1) is 23.4. The number of aromatic carboxylic acids is 1. The van der Waals surface area contributed by atoms with Gasteiger partial charge in [-0.15, -0.1) is 0 Å². The van der Waals surface area contributed by atoms with Crippen LogP contribution in [0.25, 0.3) is 0 Å². The van der Waals surface area contributed by atoms with Crippen LogP contribution in [0.1, 0.15) is 34.0 Å². The SMILES string of the molecule is CC(O)([PH+]=O)c1cc(Br)c(Oc2ccc(O)c(Cc3cccc(C(=O)O)c3)c2)c(Br)c1. The molecule has 2 unspecified atom stereocenters. The van der Waals surface area contributed by atoms with Crippen LogP contribution in [0.2, 0.25) is 0 Å². The minimum absolute atomic E-state index is 0.0639. The van der Waals surface area contributed by atoms with Crippen LogP contribution in [-0.4, -0.2) is 21.3 Å². The zero-order valence-electron chi connectivity index (χ0n) is 16.2. The number of carboxylic acids is 1. The third-order valence-electron chi connectivity index (χ3n) is 4.60. The Bertz CT molecular complexity index is 1140. The summed E-state index contributed by atoms with van der Waals surface area (Å²) >= 11 is 6.83. The highest BCUT2D eigenvalue weighted by Crippen LogP contribution is 2.43. The van der Waals surface area contributed by atoms with Gasteiger partial charge in [-0.25, -0.2) is 4.79 Å². The first-order valence-electron chi connectivity index (χ1n) is 9.04. The van der Waals surface area contributed by atoms with Crippen LogP contribution in [-0.2, 0) is 16.3 Å². The van der Waals surface area contributed by atoms with Crippen molar-refractivity contribution in [1.82, 2.24) is 0 Å². The van der Waals surface area contributed by atoms with Crippen LogP contribution >= 0.6 is 40.3 Å². The quantitative estimate of drug-likeness (QED) is 0.294. The smallest absolute Gasteiger partial charge is 0.364 e. The molecule has 0 aliphatic rings. The topological polar surface area (TPSA) is 104 Å². The van der Waals surface area contributed by atoms with Crippen molar-refractivity contribution in [1.29, 1.82) is 0 Å². The van der Waals surface area contributed by atoms with Gasteiger partial charge in [-0.1, -0.05) is 16.7 Å².